The van der Waals surface area contributed by atoms with E-state index in [2.05, 4.69) is 20.1 Å². The maximum Gasteiger partial charge on any atom is 0.243 e. The molecule has 4 heterocycles. The predicted octanol–water partition coefficient (Wildman–Crippen LogP) is 2.31. The molecule has 0 saturated carbocycles. The molecule has 3 aromatic heterocycles. The molecule has 1 aliphatic rings. The van der Waals surface area contributed by atoms with Crippen molar-refractivity contribution in [3.05, 3.63) is 35.5 Å². The first-order chi connectivity index (χ1) is 11.7. The molecule has 8 heteroatoms. The Bertz CT molecular complexity index is 878. The number of nitrogens with zero attached hydrogens (tertiary/aromatic N) is 5. The minimum atomic E-state index is 0.0528. The number of hydrogen-bond donors (Lipinski definition) is 1. The fourth-order valence-electron chi connectivity index (χ4n) is 3.40. The summed E-state index contributed by atoms with van der Waals surface area (Å²) >= 11 is 1.67. The second kappa shape index (κ2) is 5.94. The zero-order valence-corrected chi connectivity index (χ0v) is 14.6. The van der Waals surface area contributed by atoms with Crippen LogP contribution in [0.1, 0.15) is 30.4 Å². The van der Waals surface area contributed by atoms with E-state index in [9.17, 15) is 4.79 Å². The van der Waals surface area contributed by atoms with Gasteiger partial charge in [0.05, 0.1) is 6.04 Å². The lowest BCUT2D eigenvalue weighted by atomic mass is 10.1. The van der Waals surface area contributed by atoms with Crippen molar-refractivity contribution in [3.63, 3.8) is 0 Å². The lowest BCUT2D eigenvalue weighted by Gasteiger charge is -2.24. The number of hydrogen-bond acceptors (Lipinski definition) is 5. The van der Waals surface area contributed by atoms with Crippen LogP contribution in [0.2, 0.25) is 0 Å². The van der Waals surface area contributed by atoms with Gasteiger partial charge in [-0.25, -0.2) is 9.97 Å². The fraction of sp³-hybridized carbons (Fsp3) is 0.438. The summed E-state index contributed by atoms with van der Waals surface area (Å²) in [4.78, 5) is 24.9. The van der Waals surface area contributed by atoms with Gasteiger partial charge in [0.25, 0.3) is 0 Å². The van der Waals surface area contributed by atoms with Crippen LogP contribution in [0.15, 0.2) is 24.0 Å². The van der Waals surface area contributed by atoms with Gasteiger partial charge in [0.15, 0.2) is 0 Å². The van der Waals surface area contributed by atoms with Crippen LogP contribution >= 0.6 is 11.3 Å². The predicted molar refractivity (Wildman–Crippen MR) is 93.3 cm³/mol. The number of rotatable bonds is 4. The van der Waals surface area contributed by atoms with Gasteiger partial charge in [0.2, 0.25) is 11.9 Å². The first kappa shape index (κ1) is 15.2. The van der Waals surface area contributed by atoms with Crippen LogP contribution in [0.3, 0.4) is 0 Å². The van der Waals surface area contributed by atoms with Crippen LogP contribution in [0, 0.1) is 6.92 Å². The topological polar surface area (TPSA) is 67.5 Å². The molecule has 1 fully saturated rings. The Morgan fingerprint density at radius 3 is 3.08 bits per heavy atom. The van der Waals surface area contributed by atoms with Gasteiger partial charge in [-0.1, -0.05) is 0 Å². The van der Waals surface area contributed by atoms with Crippen molar-refractivity contribution in [1.29, 1.82) is 0 Å². The number of fused-ring (bicyclic) bond motifs is 1. The third-order valence-electron chi connectivity index (χ3n) is 4.62. The van der Waals surface area contributed by atoms with Crippen LogP contribution in [-0.4, -0.2) is 43.3 Å². The van der Waals surface area contributed by atoms with E-state index < -0.39 is 0 Å². The Labute approximate surface area is 143 Å². The molecule has 7 nitrogen and oxygen atoms in total. The van der Waals surface area contributed by atoms with Gasteiger partial charge in [-0.05, 0) is 19.8 Å². The van der Waals surface area contributed by atoms with E-state index >= 15 is 0 Å². The summed E-state index contributed by atoms with van der Waals surface area (Å²) in [7, 11) is 1.87. The molecule has 0 bridgehead atoms. The minimum absolute atomic E-state index is 0.0528. The van der Waals surface area contributed by atoms with E-state index in [-0.39, 0.29) is 11.9 Å². The highest BCUT2D eigenvalue weighted by molar-refractivity contribution is 7.15. The van der Waals surface area contributed by atoms with E-state index in [1.54, 1.807) is 17.5 Å². The van der Waals surface area contributed by atoms with Gasteiger partial charge in [0, 0.05) is 37.6 Å². The van der Waals surface area contributed by atoms with Crippen LogP contribution < -0.4 is 5.32 Å². The third kappa shape index (κ3) is 2.37. The monoisotopic (exact) mass is 344 g/mol. The van der Waals surface area contributed by atoms with Gasteiger partial charge in [-0.3, -0.25) is 9.20 Å². The van der Waals surface area contributed by atoms with E-state index in [1.165, 1.54) is 0 Å². The highest BCUT2D eigenvalue weighted by Gasteiger charge is 2.33. The van der Waals surface area contributed by atoms with Gasteiger partial charge in [0.1, 0.15) is 22.9 Å². The molecular weight excluding hydrogens is 324 g/mol. The number of anilines is 1. The smallest absolute Gasteiger partial charge is 0.243 e. The molecule has 3 aromatic rings. The van der Waals surface area contributed by atoms with Crippen LogP contribution in [-0.2, 0) is 11.3 Å². The quantitative estimate of drug-likeness (QED) is 0.789. The number of amides is 1. The number of carbonyl (C=O) groups excluding carboxylic acids is 1. The van der Waals surface area contributed by atoms with Crippen LogP contribution in [0.25, 0.3) is 4.83 Å². The van der Waals surface area contributed by atoms with Crippen LogP contribution in [0.4, 0.5) is 5.95 Å². The number of nitrogens with one attached hydrogen (secondary N) is 1. The largest absolute Gasteiger partial charge is 0.358 e. The van der Waals surface area contributed by atoms with E-state index in [1.807, 2.05) is 35.8 Å². The molecule has 0 radical (unpaired) electrons. The summed E-state index contributed by atoms with van der Waals surface area (Å²) in [6.45, 7) is 3.04. The molecule has 1 N–H and O–H groups in total. The Balaban J connectivity index is 1.63. The standard InChI is InChI=1S/C16H20N6OS/c1-11-18-5-7-20(11)10-13(23)21-6-3-4-12(21)14-15-22(8-9-24-15)16(17-2)19-14/h5,7-9,12H,3-4,6,10H2,1-2H3,(H,17,19). The Morgan fingerprint density at radius 2 is 2.33 bits per heavy atom. The van der Waals surface area contributed by atoms with Crippen molar-refractivity contribution >= 4 is 28.0 Å². The lowest BCUT2D eigenvalue weighted by Crippen LogP contribution is -2.33. The molecule has 1 atom stereocenters. The molecular formula is C16H20N6OS. The van der Waals surface area contributed by atoms with Gasteiger partial charge < -0.3 is 14.8 Å². The highest BCUT2D eigenvalue weighted by atomic mass is 32.1. The van der Waals surface area contributed by atoms with E-state index in [0.717, 1.165) is 41.7 Å². The summed E-state index contributed by atoms with van der Waals surface area (Å²) in [5.74, 6) is 1.81. The second-order valence-electron chi connectivity index (χ2n) is 6.00. The number of aromatic nitrogens is 4. The Hall–Kier alpha value is -2.35. The molecule has 4 rings (SSSR count). The van der Waals surface area contributed by atoms with Crippen molar-refractivity contribution in [2.24, 2.45) is 0 Å². The number of thiazole rings is 1. The maximum absolute atomic E-state index is 12.8. The van der Waals surface area contributed by atoms with Gasteiger partial charge in [-0.2, -0.15) is 0 Å². The van der Waals surface area contributed by atoms with E-state index in [0.29, 0.717) is 6.54 Å². The normalized spacial score (nSPS) is 17.8. The van der Waals surface area contributed by atoms with Crippen molar-refractivity contribution in [2.45, 2.75) is 32.4 Å². The molecule has 1 aliphatic heterocycles. The Kier molecular flexibility index (Phi) is 3.76. The summed E-state index contributed by atoms with van der Waals surface area (Å²) in [5, 5.41) is 5.18. The minimum Gasteiger partial charge on any atom is -0.358 e. The zero-order chi connectivity index (χ0) is 16.7. The van der Waals surface area contributed by atoms with Crippen LogP contribution in [0.5, 0.6) is 0 Å². The van der Waals surface area contributed by atoms with Crippen molar-refractivity contribution < 1.29 is 4.79 Å². The summed E-state index contributed by atoms with van der Waals surface area (Å²) in [6, 6.07) is 0.0528. The summed E-state index contributed by atoms with van der Waals surface area (Å²) in [6.07, 6.45) is 7.57. The van der Waals surface area contributed by atoms with Gasteiger partial charge >= 0.3 is 0 Å². The first-order valence-corrected chi connectivity index (χ1v) is 8.97. The maximum atomic E-state index is 12.8. The lowest BCUT2D eigenvalue weighted by molar-refractivity contribution is -0.132. The molecule has 0 aromatic carbocycles. The van der Waals surface area contributed by atoms with Crippen molar-refractivity contribution in [2.75, 3.05) is 18.9 Å². The number of likely N-dealkylation sites (tertiary alicyclic amines) is 1. The molecule has 126 valence electrons. The summed E-state index contributed by atoms with van der Waals surface area (Å²) < 4.78 is 3.95. The molecule has 1 saturated heterocycles. The fourth-order valence-corrected chi connectivity index (χ4v) is 4.27. The molecule has 0 spiro atoms. The molecule has 24 heavy (non-hydrogen) atoms. The number of carbonyl (C=O) groups is 1. The second-order valence-corrected chi connectivity index (χ2v) is 6.89. The average Bonchev–Trinajstić information content (AvgIpc) is 3.31. The van der Waals surface area contributed by atoms with Crippen molar-refractivity contribution in [3.8, 4) is 0 Å². The van der Waals surface area contributed by atoms with Gasteiger partial charge in [-0.15, -0.1) is 11.3 Å². The number of imidazole rings is 2. The van der Waals surface area contributed by atoms with E-state index in [4.69, 9.17) is 4.98 Å². The van der Waals surface area contributed by atoms with Crippen molar-refractivity contribution in [1.82, 2.24) is 23.8 Å². The molecule has 0 aliphatic carbocycles. The molecule has 1 unspecified atom stereocenters. The zero-order valence-electron chi connectivity index (χ0n) is 13.8. The third-order valence-corrected chi connectivity index (χ3v) is 5.51. The highest BCUT2D eigenvalue weighted by Crippen LogP contribution is 2.36. The Morgan fingerprint density at radius 1 is 1.46 bits per heavy atom. The first-order valence-electron chi connectivity index (χ1n) is 8.09. The number of aryl methyl sites for hydroxylation is 1. The SMILES string of the molecule is CNc1nc(C2CCCN2C(=O)Cn2ccnc2C)c2sccn12. The molecule has 1 amide bonds. The average molecular weight is 344 g/mol. The summed E-state index contributed by atoms with van der Waals surface area (Å²) in [5.41, 5.74) is 1.00.